The molecule has 17 heteroatoms. The molecule has 5 N–H and O–H groups in total. The highest BCUT2D eigenvalue weighted by molar-refractivity contribution is 7.96. The molecule has 2 heterocycles. The number of hydrogen-bond donors (Lipinski definition) is 4. The van der Waals surface area contributed by atoms with Gasteiger partial charge in [-0.25, -0.2) is 10.1 Å². The maximum absolute atomic E-state index is 13.2. The lowest BCUT2D eigenvalue weighted by Gasteiger charge is -2.30. The average molecular weight is 740 g/mol. The Hall–Kier alpha value is -2.94. The number of rotatable bonds is 18. The van der Waals surface area contributed by atoms with Gasteiger partial charge in [-0.05, 0) is 81.8 Å². The number of anilines is 2. The van der Waals surface area contributed by atoms with E-state index in [1.807, 2.05) is 42.9 Å². The second-order valence-corrected chi connectivity index (χ2v) is 14.0. The number of hydrogen-bond acceptors (Lipinski definition) is 13. The SMILES string of the molecule is COC(COP(NC(C)(C)C(=O)OCCc1c(C)cccc1Cl)Oc1ccc(Cl)cc1)CC(C)n1cnc2c(NNSC)nc(N)nc21. The summed E-state index contributed by atoms with van der Waals surface area (Å²) < 4.78 is 25.8. The maximum atomic E-state index is 13.2. The summed E-state index contributed by atoms with van der Waals surface area (Å²) in [6, 6.07) is 12.5. The van der Waals surface area contributed by atoms with Gasteiger partial charge in [-0.15, -0.1) is 0 Å². The Morgan fingerprint density at radius 1 is 1.17 bits per heavy atom. The van der Waals surface area contributed by atoms with Crippen LogP contribution in [0.2, 0.25) is 10.0 Å². The molecule has 0 radical (unpaired) electrons. The van der Waals surface area contributed by atoms with Crippen molar-refractivity contribution in [1.82, 2.24) is 29.4 Å². The first-order valence-electron chi connectivity index (χ1n) is 15.0. The minimum absolute atomic E-state index is 0.108. The van der Waals surface area contributed by atoms with Crippen LogP contribution in [0.25, 0.3) is 11.2 Å². The third-order valence-corrected chi connectivity index (χ3v) is 9.74. The zero-order chi connectivity index (χ0) is 34.8. The molecule has 0 saturated heterocycles. The highest BCUT2D eigenvalue weighted by Gasteiger charge is 2.35. The van der Waals surface area contributed by atoms with E-state index in [2.05, 4.69) is 30.3 Å². The minimum Gasteiger partial charge on any atom is -0.464 e. The van der Waals surface area contributed by atoms with Gasteiger partial charge in [-0.3, -0.25) is 10.2 Å². The lowest BCUT2D eigenvalue weighted by Crippen LogP contribution is -2.46. The van der Waals surface area contributed by atoms with Crippen molar-refractivity contribution in [3.05, 3.63) is 70.0 Å². The first-order chi connectivity index (χ1) is 22.9. The predicted octanol–water partition coefficient (Wildman–Crippen LogP) is 6.66. The van der Waals surface area contributed by atoms with Crippen LogP contribution in [0.1, 0.15) is 44.4 Å². The van der Waals surface area contributed by atoms with Crippen LogP contribution in [0.4, 0.5) is 11.8 Å². The summed E-state index contributed by atoms with van der Waals surface area (Å²) in [6.07, 6.45) is 4.24. The molecule has 2 aromatic carbocycles. The first kappa shape index (κ1) is 37.9. The molecule has 0 aliphatic rings. The predicted molar refractivity (Wildman–Crippen MR) is 193 cm³/mol. The van der Waals surface area contributed by atoms with E-state index in [1.54, 1.807) is 51.6 Å². The second kappa shape index (κ2) is 17.6. The third-order valence-electron chi connectivity index (χ3n) is 7.32. The Balaban J connectivity index is 1.43. The summed E-state index contributed by atoms with van der Waals surface area (Å²) in [5, 5.41) is 4.42. The van der Waals surface area contributed by atoms with Crippen LogP contribution < -0.4 is 25.6 Å². The van der Waals surface area contributed by atoms with Crippen molar-refractivity contribution in [2.75, 3.05) is 37.7 Å². The fourth-order valence-corrected chi connectivity index (χ4v) is 6.64. The number of carbonyl (C=O) groups excluding carboxylic acids is 1. The summed E-state index contributed by atoms with van der Waals surface area (Å²) >= 11 is 13.8. The van der Waals surface area contributed by atoms with Crippen molar-refractivity contribution < 1.29 is 23.3 Å². The number of nitrogens with one attached hydrogen (secondary N) is 3. The van der Waals surface area contributed by atoms with Crippen LogP contribution in [0, 0.1) is 6.92 Å². The van der Waals surface area contributed by atoms with Gasteiger partial charge >= 0.3 is 14.5 Å². The number of benzene rings is 2. The summed E-state index contributed by atoms with van der Waals surface area (Å²) in [4.78, 5) is 29.4. The molecule has 0 amide bonds. The molecule has 0 fully saturated rings. The number of esters is 1. The van der Waals surface area contributed by atoms with Crippen molar-refractivity contribution in [2.24, 2.45) is 0 Å². The third kappa shape index (κ3) is 10.3. The van der Waals surface area contributed by atoms with E-state index in [0.717, 1.165) is 11.1 Å². The average Bonchev–Trinajstić information content (AvgIpc) is 3.48. The number of imidazole rings is 1. The van der Waals surface area contributed by atoms with Gasteiger partial charge in [0.15, 0.2) is 17.0 Å². The molecule has 0 aliphatic heterocycles. The molecule has 0 bridgehead atoms. The molecule has 0 saturated carbocycles. The molecule has 0 aliphatic carbocycles. The number of carbonyl (C=O) groups is 1. The molecular weight excluding hydrogens is 698 g/mol. The van der Waals surface area contributed by atoms with E-state index >= 15 is 0 Å². The molecule has 3 atom stereocenters. The number of fused-ring (bicyclic) bond motifs is 1. The molecule has 48 heavy (non-hydrogen) atoms. The van der Waals surface area contributed by atoms with Crippen molar-refractivity contribution in [2.45, 2.75) is 58.2 Å². The van der Waals surface area contributed by atoms with Crippen LogP contribution in [0.3, 0.4) is 0 Å². The van der Waals surface area contributed by atoms with Gasteiger partial charge in [0.25, 0.3) is 0 Å². The summed E-state index contributed by atoms with van der Waals surface area (Å²) in [7, 11) is -0.244. The largest absolute Gasteiger partial charge is 0.464 e. The molecule has 4 aromatic rings. The molecule has 260 valence electrons. The number of nitrogen functional groups attached to an aromatic ring is 1. The van der Waals surface area contributed by atoms with Gasteiger partial charge in [0.1, 0.15) is 11.3 Å². The monoisotopic (exact) mass is 738 g/mol. The number of nitrogens with two attached hydrogens (primary N) is 1. The van der Waals surface area contributed by atoms with E-state index in [9.17, 15) is 4.79 Å². The van der Waals surface area contributed by atoms with Crippen LogP contribution in [0.5, 0.6) is 5.75 Å². The summed E-state index contributed by atoms with van der Waals surface area (Å²) in [5.74, 6) is 0.640. The molecule has 13 nitrogen and oxygen atoms in total. The second-order valence-electron chi connectivity index (χ2n) is 11.4. The van der Waals surface area contributed by atoms with Gasteiger partial charge in [0, 0.05) is 29.6 Å². The van der Waals surface area contributed by atoms with E-state index in [0.29, 0.717) is 45.6 Å². The fourth-order valence-electron chi connectivity index (χ4n) is 4.68. The summed E-state index contributed by atoms with van der Waals surface area (Å²) in [5.41, 5.74) is 11.0. The fraction of sp³-hybridized carbons (Fsp3) is 0.419. The molecule has 0 spiro atoms. The molecule has 3 unspecified atom stereocenters. The minimum atomic E-state index is -1.86. The Kier molecular flexibility index (Phi) is 13.9. The summed E-state index contributed by atoms with van der Waals surface area (Å²) in [6.45, 7) is 7.74. The van der Waals surface area contributed by atoms with E-state index < -0.39 is 20.0 Å². The lowest BCUT2D eigenvalue weighted by molar-refractivity contribution is -0.149. The van der Waals surface area contributed by atoms with Gasteiger partial charge in [0.05, 0.1) is 25.6 Å². The number of ether oxygens (including phenoxy) is 2. The van der Waals surface area contributed by atoms with E-state index in [1.165, 1.54) is 11.9 Å². The van der Waals surface area contributed by atoms with Gasteiger partial charge in [0.2, 0.25) is 5.95 Å². The van der Waals surface area contributed by atoms with Gasteiger partial charge < -0.3 is 28.8 Å². The maximum Gasteiger partial charge on any atom is 0.326 e. The topological polar surface area (TPSA) is 160 Å². The zero-order valence-electron chi connectivity index (χ0n) is 27.6. The highest BCUT2D eigenvalue weighted by atomic mass is 35.5. The highest BCUT2D eigenvalue weighted by Crippen LogP contribution is 2.39. The zero-order valence-corrected chi connectivity index (χ0v) is 30.8. The number of halogens is 2. The Morgan fingerprint density at radius 3 is 2.60 bits per heavy atom. The normalized spacial score (nSPS) is 13.7. The quantitative estimate of drug-likeness (QED) is 0.0372. The standard InChI is InChI=1S/C31H41Cl2N8O5PS/c1-19-8-7-9-25(33)24(19)14-15-44-29(42)31(3,4)39-47(46-22-12-10-21(32)11-13-22)45-17-23(43-5)16-20(2)41-18-35-26-27(38-40-48-6)36-30(34)37-28(26)41/h7-13,18,20,23,39-40H,14-17H2,1-6H3,(H3,34,36,37,38). The Labute approximate surface area is 296 Å². The van der Waals surface area contributed by atoms with Crippen LogP contribution in [0.15, 0.2) is 48.8 Å². The van der Waals surface area contributed by atoms with Crippen molar-refractivity contribution in [3.63, 3.8) is 0 Å². The van der Waals surface area contributed by atoms with Crippen molar-refractivity contribution in [1.29, 1.82) is 0 Å². The first-order valence-corrected chi connectivity index (χ1v) is 18.2. The van der Waals surface area contributed by atoms with Crippen LogP contribution >= 0.6 is 43.7 Å². The molecular formula is C31H41Cl2N8O5PS. The van der Waals surface area contributed by atoms with E-state index in [-0.39, 0.29) is 31.3 Å². The van der Waals surface area contributed by atoms with Crippen LogP contribution in [-0.4, -0.2) is 63.7 Å². The Morgan fingerprint density at radius 2 is 1.92 bits per heavy atom. The van der Waals surface area contributed by atoms with E-state index in [4.69, 9.17) is 47.5 Å². The number of hydrazine groups is 1. The van der Waals surface area contributed by atoms with Gasteiger partial charge in [-0.2, -0.15) is 14.8 Å². The number of aryl methyl sites for hydroxylation is 1. The number of methoxy groups -OCH3 is 1. The number of nitrogens with zero attached hydrogens (tertiary/aromatic N) is 4. The van der Waals surface area contributed by atoms with Crippen LogP contribution in [-0.2, 0) is 25.2 Å². The molecule has 4 rings (SSSR count). The lowest BCUT2D eigenvalue weighted by atomic mass is 10.1. The number of aromatic nitrogens is 4. The van der Waals surface area contributed by atoms with Crippen molar-refractivity contribution >= 4 is 72.6 Å². The molecule has 2 aromatic heterocycles. The Bertz CT molecular complexity index is 1650. The van der Waals surface area contributed by atoms with Crippen molar-refractivity contribution in [3.8, 4) is 5.75 Å². The smallest absolute Gasteiger partial charge is 0.326 e. The van der Waals surface area contributed by atoms with Gasteiger partial charge in [-0.1, -0.05) is 47.3 Å².